The van der Waals surface area contributed by atoms with Crippen molar-refractivity contribution < 1.29 is 14.3 Å². The molecule has 1 saturated heterocycles. The first-order chi connectivity index (χ1) is 17.7. The fourth-order valence-electron chi connectivity index (χ4n) is 4.89. The van der Waals surface area contributed by atoms with E-state index in [9.17, 15) is 14.4 Å². The monoisotopic (exact) mass is 504 g/mol. The molecule has 8 nitrogen and oxygen atoms in total. The van der Waals surface area contributed by atoms with E-state index >= 15 is 0 Å². The summed E-state index contributed by atoms with van der Waals surface area (Å²) >= 11 is 0. The Hall–Kier alpha value is -3.52. The zero-order valence-electron chi connectivity index (χ0n) is 22.1. The van der Waals surface area contributed by atoms with Crippen LogP contribution >= 0.6 is 0 Å². The molecule has 1 amide bonds. The summed E-state index contributed by atoms with van der Waals surface area (Å²) in [6.07, 6.45) is 2.09. The standard InChI is InChI=1S/C29H36N4O4/c1-19(2)15-27(33-18-30-24-8-6-5-7-23(24)29(33)36)28(35)31-25(16-21(4)34)22-10-9-20(3)26(17-22)32-11-13-37-14-12-32/h5-10,17-19,25,27H,11-16H2,1-4H3,(H,31,35)/t25-,27+/m1/s1. The van der Waals surface area contributed by atoms with Gasteiger partial charge in [0.25, 0.3) is 5.56 Å². The molecule has 1 N–H and O–H groups in total. The third-order valence-electron chi connectivity index (χ3n) is 6.82. The second kappa shape index (κ2) is 11.7. The molecule has 3 aromatic rings. The summed E-state index contributed by atoms with van der Waals surface area (Å²) in [4.78, 5) is 46.0. The highest BCUT2D eigenvalue weighted by molar-refractivity contribution is 5.83. The predicted molar refractivity (Wildman–Crippen MR) is 145 cm³/mol. The van der Waals surface area contributed by atoms with Crippen LogP contribution in [0.15, 0.2) is 53.6 Å². The Labute approximate surface area is 217 Å². The molecule has 0 radical (unpaired) electrons. The average molecular weight is 505 g/mol. The van der Waals surface area contributed by atoms with Gasteiger partial charge in [-0.25, -0.2) is 4.98 Å². The van der Waals surface area contributed by atoms with Crippen LogP contribution < -0.4 is 15.8 Å². The van der Waals surface area contributed by atoms with Crippen molar-refractivity contribution in [1.29, 1.82) is 0 Å². The number of para-hydroxylation sites is 1. The van der Waals surface area contributed by atoms with Crippen LogP contribution in [0.2, 0.25) is 0 Å². The number of fused-ring (bicyclic) bond motifs is 1. The van der Waals surface area contributed by atoms with E-state index in [1.165, 1.54) is 17.8 Å². The topological polar surface area (TPSA) is 93.5 Å². The van der Waals surface area contributed by atoms with Crippen molar-refractivity contribution in [2.45, 2.75) is 52.6 Å². The van der Waals surface area contributed by atoms with E-state index in [2.05, 4.69) is 28.2 Å². The smallest absolute Gasteiger partial charge is 0.261 e. The van der Waals surface area contributed by atoms with Crippen molar-refractivity contribution in [3.05, 3.63) is 70.3 Å². The summed E-state index contributed by atoms with van der Waals surface area (Å²) in [5.74, 6) is -0.163. The number of nitrogens with one attached hydrogen (secondary N) is 1. The van der Waals surface area contributed by atoms with Crippen LogP contribution in [-0.4, -0.2) is 47.5 Å². The SMILES string of the molecule is CC(=O)C[C@@H](NC(=O)[C@H](CC(C)C)n1cnc2ccccc2c1=O)c1ccc(C)c(N2CCOCC2)c1. The quantitative estimate of drug-likeness (QED) is 0.474. The van der Waals surface area contributed by atoms with Crippen LogP contribution in [0.5, 0.6) is 0 Å². The zero-order valence-corrected chi connectivity index (χ0v) is 22.1. The Morgan fingerprint density at radius 3 is 2.54 bits per heavy atom. The molecular formula is C29H36N4O4. The van der Waals surface area contributed by atoms with Crippen molar-refractivity contribution in [2.24, 2.45) is 5.92 Å². The van der Waals surface area contributed by atoms with Gasteiger partial charge in [0.2, 0.25) is 5.91 Å². The Kier molecular flexibility index (Phi) is 8.38. The summed E-state index contributed by atoms with van der Waals surface area (Å²) in [6.45, 7) is 10.5. The lowest BCUT2D eigenvalue weighted by atomic mass is 9.97. The Bertz CT molecular complexity index is 1330. The van der Waals surface area contributed by atoms with Gasteiger partial charge < -0.3 is 15.0 Å². The number of Topliss-reactive ketones (excluding diaryl/α,β-unsaturated/α-hetero) is 1. The van der Waals surface area contributed by atoms with Crippen molar-refractivity contribution in [3.63, 3.8) is 0 Å². The highest BCUT2D eigenvalue weighted by atomic mass is 16.5. The molecule has 8 heteroatoms. The number of benzene rings is 2. The summed E-state index contributed by atoms with van der Waals surface area (Å²) < 4.78 is 6.93. The van der Waals surface area contributed by atoms with Gasteiger partial charge in [-0.2, -0.15) is 0 Å². The van der Waals surface area contributed by atoms with Crippen LogP contribution in [0.3, 0.4) is 0 Å². The molecule has 1 aliphatic heterocycles. The third-order valence-corrected chi connectivity index (χ3v) is 6.82. The minimum absolute atomic E-state index is 0.0243. The van der Waals surface area contributed by atoms with Gasteiger partial charge in [-0.15, -0.1) is 0 Å². The summed E-state index contributed by atoms with van der Waals surface area (Å²) in [5, 5.41) is 3.58. The van der Waals surface area contributed by atoms with Gasteiger partial charge in [-0.3, -0.25) is 19.0 Å². The minimum Gasteiger partial charge on any atom is -0.378 e. The molecule has 0 aliphatic carbocycles. The van der Waals surface area contributed by atoms with E-state index in [0.29, 0.717) is 30.5 Å². The molecule has 1 aliphatic rings. The van der Waals surface area contributed by atoms with E-state index in [1.54, 1.807) is 18.2 Å². The number of hydrogen-bond acceptors (Lipinski definition) is 6. The van der Waals surface area contributed by atoms with E-state index in [0.717, 1.165) is 29.9 Å². The average Bonchev–Trinajstić information content (AvgIpc) is 2.88. The maximum absolute atomic E-state index is 13.7. The number of rotatable bonds is 9. The molecule has 0 spiro atoms. The number of morpholine rings is 1. The van der Waals surface area contributed by atoms with Crippen LogP contribution in [0.4, 0.5) is 5.69 Å². The largest absolute Gasteiger partial charge is 0.378 e. The van der Waals surface area contributed by atoms with Gasteiger partial charge >= 0.3 is 0 Å². The Balaban J connectivity index is 1.67. The second-order valence-electron chi connectivity index (χ2n) is 10.2. The first-order valence-corrected chi connectivity index (χ1v) is 12.9. The van der Waals surface area contributed by atoms with Gasteiger partial charge in [0.1, 0.15) is 11.8 Å². The number of ketones is 1. The van der Waals surface area contributed by atoms with Crippen molar-refractivity contribution in [1.82, 2.24) is 14.9 Å². The number of ether oxygens (including phenoxy) is 1. The molecule has 2 aromatic carbocycles. The fourth-order valence-corrected chi connectivity index (χ4v) is 4.89. The van der Waals surface area contributed by atoms with Crippen LogP contribution in [-0.2, 0) is 14.3 Å². The molecule has 196 valence electrons. The number of aryl methyl sites for hydroxylation is 1. The van der Waals surface area contributed by atoms with Crippen molar-refractivity contribution in [2.75, 3.05) is 31.2 Å². The lowest BCUT2D eigenvalue weighted by Gasteiger charge is -2.31. The van der Waals surface area contributed by atoms with Gasteiger partial charge in [-0.1, -0.05) is 38.1 Å². The number of aromatic nitrogens is 2. The minimum atomic E-state index is -0.747. The lowest BCUT2D eigenvalue weighted by Crippen LogP contribution is -2.40. The molecule has 2 heterocycles. The van der Waals surface area contributed by atoms with Crippen LogP contribution in [0.1, 0.15) is 56.8 Å². The molecule has 0 saturated carbocycles. The summed E-state index contributed by atoms with van der Waals surface area (Å²) in [6, 6.07) is 11.9. The van der Waals surface area contributed by atoms with Gasteiger partial charge in [-0.05, 0) is 55.5 Å². The maximum Gasteiger partial charge on any atom is 0.261 e. The summed E-state index contributed by atoms with van der Waals surface area (Å²) in [7, 11) is 0. The Morgan fingerprint density at radius 2 is 1.84 bits per heavy atom. The highest BCUT2D eigenvalue weighted by Crippen LogP contribution is 2.28. The van der Waals surface area contributed by atoms with E-state index in [-0.39, 0.29) is 29.6 Å². The molecule has 1 aromatic heterocycles. The number of carbonyl (C=O) groups excluding carboxylic acids is 2. The fraction of sp³-hybridized carbons (Fsp3) is 0.448. The molecule has 0 bridgehead atoms. The molecule has 1 fully saturated rings. The first kappa shape index (κ1) is 26.5. The maximum atomic E-state index is 13.7. The van der Waals surface area contributed by atoms with E-state index < -0.39 is 12.1 Å². The number of amides is 1. The number of nitrogens with zero attached hydrogens (tertiary/aromatic N) is 3. The second-order valence-corrected chi connectivity index (χ2v) is 10.2. The van der Waals surface area contributed by atoms with Crippen molar-refractivity contribution >= 4 is 28.3 Å². The first-order valence-electron chi connectivity index (χ1n) is 12.9. The van der Waals surface area contributed by atoms with Gasteiger partial charge in [0.05, 0.1) is 36.5 Å². The third kappa shape index (κ3) is 6.25. The number of carbonyl (C=O) groups is 2. The van der Waals surface area contributed by atoms with Gasteiger partial charge in [0.15, 0.2) is 0 Å². The molecule has 4 rings (SSSR count). The van der Waals surface area contributed by atoms with Gasteiger partial charge in [0, 0.05) is 25.2 Å². The number of anilines is 1. The normalized spacial score (nSPS) is 15.5. The van der Waals surface area contributed by atoms with Crippen molar-refractivity contribution in [3.8, 4) is 0 Å². The van der Waals surface area contributed by atoms with Crippen LogP contribution in [0.25, 0.3) is 10.9 Å². The highest BCUT2D eigenvalue weighted by Gasteiger charge is 2.27. The summed E-state index contributed by atoms with van der Waals surface area (Å²) in [5.41, 5.74) is 3.42. The van der Waals surface area contributed by atoms with Crippen LogP contribution in [0, 0.1) is 12.8 Å². The van der Waals surface area contributed by atoms with E-state index in [1.807, 2.05) is 32.0 Å². The van der Waals surface area contributed by atoms with E-state index in [4.69, 9.17) is 4.74 Å². The molecular weight excluding hydrogens is 468 g/mol. The lowest BCUT2D eigenvalue weighted by molar-refractivity contribution is -0.126. The predicted octanol–water partition coefficient (Wildman–Crippen LogP) is 3.97. The molecule has 0 unspecified atom stereocenters. The Morgan fingerprint density at radius 1 is 1.11 bits per heavy atom. The molecule has 37 heavy (non-hydrogen) atoms. The zero-order chi connectivity index (χ0) is 26.5. The molecule has 2 atom stereocenters. The number of hydrogen-bond donors (Lipinski definition) is 1.